The van der Waals surface area contributed by atoms with Gasteiger partial charge in [0, 0.05) is 30.1 Å². The molecule has 1 heterocycles. The van der Waals surface area contributed by atoms with Gasteiger partial charge < -0.3 is 4.90 Å². The molecule has 0 atom stereocenters. The van der Waals surface area contributed by atoms with E-state index in [1.54, 1.807) is 6.07 Å². The zero-order valence-electron chi connectivity index (χ0n) is 11.6. The number of benzene rings is 2. The van der Waals surface area contributed by atoms with Crippen molar-refractivity contribution in [3.05, 3.63) is 83.3 Å². The Kier molecular flexibility index (Phi) is 3.40. The van der Waals surface area contributed by atoms with Crippen molar-refractivity contribution in [1.82, 2.24) is 0 Å². The first kappa shape index (κ1) is 13.3. The van der Waals surface area contributed by atoms with Gasteiger partial charge in [-0.3, -0.25) is 4.79 Å². The lowest BCUT2D eigenvalue weighted by atomic mass is 10.0. The first-order valence-corrected chi connectivity index (χ1v) is 6.67. The standard InChI is InChI=1S/C18H14FNO/c1-20-16(10-9-13-5-2-3-8-17(13)20)12-18(21)14-6-4-7-15(19)11-14/h2-12H,1H3/b16-12-. The average molecular weight is 279 g/mol. The first-order valence-electron chi connectivity index (χ1n) is 6.67. The van der Waals surface area contributed by atoms with Crippen molar-refractivity contribution in [2.45, 2.75) is 0 Å². The lowest BCUT2D eigenvalue weighted by Gasteiger charge is -2.26. The predicted octanol–water partition coefficient (Wildman–Crippen LogP) is 4.06. The minimum atomic E-state index is -0.405. The van der Waals surface area contributed by atoms with Gasteiger partial charge in [0.15, 0.2) is 5.78 Å². The SMILES string of the molecule is CN1/C(=C\C(=O)c2cccc(F)c2)C=Cc2ccccc21. The molecule has 0 N–H and O–H groups in total. The zero-order valence-corrected chi connectivity index (χ0v) is 11.6. The molecule has 1 aliphatic heterocycles. The molecule has 1 aliphatic rings. The smallest absolute Gasteiger partial charge is 0.188 e. The van der Waals surface area contributed by atoms with E-state index in [9.17, 15) is 9.18 Å². The number of rotatable bonds is 2. The highest BCUT2D eigenvalue weighted by Crippen LogP contribution is 2.29. The van der Waals surface area contributed by atoms with Crippen molar-refractivity contribution < 1.29 is 9.18 Å². The molecule has 0 aromatic heterocycles. The fourth-order valence-corrected chi connectivity index (χ4v) is 2.36. The summed E-state index contributed by atoms with van der Waals surface area (Å²) in [5, 5.41) is 0. The second-order valence-corrected chi connectivity index (χ2v) is 4.89. The molecule has 2 aromatic carbocycles. The number of anilines is 1. The summed E-state index contributed by atoms with van der Waals surface area (Å²) in [5.41, 5.74) is 3.28. The Morgan fingerprint density at radius 2 is 1.90 bits per heavy atom. The molecular formula is C18H14FNO. The lowest BCUT2D eigenvalue weighted by molar-refractivity contribution is 0.104. The van der Waals surface area contributed by atoms with E-state index in [4.69, 9.17) is 0 Å². The average Bonchev–Trinajstić information content (AvgIpc) is 2.50. The van der Waals surface area contributed by atoms with E-state index in [1.165, 1.54) is 24.3 Å². The molecular weight excluding hydrogens is 265 g/mol. The van der Waals surface area contributed by atoms with Crippen LogP contribution in [0.15, 0.2) is 66.4 Å². The Bertz CT molecular complexity index is 761. The molecule has 0 aliphatic carbocycles. The summed E-state index contributed by atoms with van der Waals surface area (Å²) in [6.07, 6.45) is 5.39. The highest BCUT2D eigenvalue weighted by Gasteiger charge is 2.14. The summed E-state index contributed by atoms with van der Waals surface area (Å²) >= 11 is 0. The molecule has 0 spiro atoms. The van der Waals surface area contributed by atoms with E-state index in [0.29, 0.717) is 5.56 Å². The number of fused-ring (bicyclic) bond motifs is 1. The number of nitrogens with zero attached hydrogens (tertiary/aromatic N) is 1. The van der Waals surface area contributed by atoms with Crippen molar-refractivity contribution in [2.24, 2.45) is 0 Å². The van der Waals surface area contributed by atoms with Gasteiger partial charge >= 0.3 is 0 Å². The Labute approximate surface area is 122 Å². The quantitative estimate of drug-likeness (QED) is 0.610. The van der Waals surface area contributed by atoms with Crippen molar-refractivity contribution in [3.63, 3.8) is 0 Å². The normalized spacial score (nSPS) is 15.1. The number of allylic oxidation sites excluding steroid dienone is 2. The highest BCUT2D eigenvalue weighted by molar-refractivity contribution is 6.05. The van der Waals surface area contributed by atoms with Gasteiger partial charge in [-0.15, -0.1) is 0 Å². The molecule has 3 heteroatoms. The van der Waals surface area contributed by atoms with Crippen LogP contribution in [0.4, 0.5) is 10.1 Å². The van der Waals surface area contributed by atoms with Gasteiger partial charge in [-0.1, -0.05) is 36.4 Å². The predicted molar refractivity (Wildman–Crippen MR) is 82.7 cm³/mol. The number of carbonyl (C=O) groups excluding carboxylic acids is 1. The first-order chi connectivity index (χ1) is 10.1. The fraction of sp³-hybridized carbons (Fsp3) is 0.0556. The maximum Gasteiger partial charge on any atom is 0.188 e. The number of hydrogen-bond acceptors (Lipinski definition) is 2. The third kappa shape index (κ3) is 2.63. The van der Waals surface area contributed by atoms with Crippen LogP contribution in [-0.2, 0) is 0 Å². The number of likely N-dealkylation sites (N-methyl/N-ethyl adjacent to an activating group) is 1. The van der Waals surface area contributed by atoms with Crippen LogP contribution in [0, 0.1) is 5.82 Å². The maximum atomic E-state index is 13.2. The Morgan fingerprint density at radius 3 is 2.71 bits per heavy atom. The molecule has 0 fully saturated rings. The summed E-state index contributed by atoms with van der Waals surface area (Å²) < 4.78 is 13.2. The van der Waals surface area contributed by atoms with Crippen LogP contribution in [0.2, 0.25) is 0 Å². The van der Waals surface area contributed by atoms with Crippen LogP contribution in [0.1, 0.15) is 15.9 Å². The van der Waals surface area contributed by atoms with Crippen LogP contribution in [0.25, 0.3) is 6.08 Å². The van der Waals surface area contributed by atoms with E-state index >= 15 is 0 Å². The van der Waals surface area contributed by atoms with Gasteiger partial charge in [-0.2, -0.15) is 0 Å². The number of para-hydroxylation sites is 1. The van der Waals surface area contributed by atoms with Crippen molar-refractivity contribution in [2.75, 3.05) is 11.9 Å². The van der Waals surface area contributed by atoms with Crippen molar-refractivity contribution in [1.29, 1.82) is 0 Å². The van der Waals surface area contributed by atoms with E-state index < -0.39 is 5.82 Å². The molecule has 0 bridgehead atoms. The Hall–Kier alpha value is -2.68. The molecule has 3 rings (SSSR count). The van der Waals surface area contributed by atoms with Gasteiger partial charge in [0.2, 0.25) is 0 Å². The Balaban J connectivity index is 1.93. The van der Waals surface area contributed by atoms with Crippen LogP contribution in [0.3, 0.4) is 0 Å². The third-order valence-corrected chi connectivity index (χ3v) is 3.51. The topological polar surface area (TPSA) is 20.3 Å². The maximum absolute atomic E-state index is 13.2. The van der Waals surface area contributed by atoms with Crippen molar-refractivity contribution in [3.8, 4) is 0 Å². The summed E-state index contributed by atoms with van der Waals surface area (Å²) in [5.74, 6) is -0.613. The second kappa shape index (κ2) is 5.37. The van der Waals surface area contributed by atoms with Gasteiger partial charge in [-0.25, -0.2) is 4.39 Å². The largest absolute Gasteiger partial charge is 0.344 e. The van der Waals surface area contributed by atoms with Gasteiger partial charge in [0.05, 0.1) is 0 Å². The molecule has 2 nitrogen and oxygen atoms in total. The molecule has 0 saturated heterocycles. The fourth-order valence-electron chi connectivity index (χ4n) is 2.36. The van der Waals surface area contributed by atoms with E-state index in [2.05, 4.69) is 0 Å². The van der Waals surface area contributed by atoms with Gasteiger partial charge in [-0.05, 0) is 29.8 Å². The zero-order chi connectivity index (χ0) is 14.8. The van der Waals surface area contributed by atoms with Gasteiger partial charge in [0.25, 0.3) is 0 Å². The Morgan fingerprint density at radius 1 is 1.10 bits per heavy atom. The van der Waals surface area contributed by atoms with Crippen LogP contribution >= 0.6 is 0 Å². The second-order valence-electron chi connectivity index (χ2n) is 4.89. The van der Waals surface area contributed by atoms with Gasteiger partial charge in [0.1, 0.15) is 5.82 Å². The summed E-state index contributed by atoms with van der Waals surface area (Å²) in [4.78, 5) is 14.2. The minimum absolute atomic E-state index is 0.208. The summed E-state index contributed by atoms with van der Waals surface area (Å²) in [6, 6.07) is 13.7. The van der Waals surface area contributed by atoms with E-state index in [1.807, 2.05) is 48.4 Å². The van der Waals surface area contributed by atoms with Crippen LogP contribution < -0.4 is 4.90 Å². The van der Waals surface area contributed by atoms with Crippen LogP contribution in [0.5, 0.6) is 0 Å². The molecule has 0 radical (unpaired) electrons. The molecule has 21 heavy (non-hydrogen) atoms. The van der Waals surface area contributed by atoms with Crippen LogP contribution in [-0.4, -0.2) is 12.8 Å². The summed E-state index contributed by atoms with van der Waals surface area (Å²) in [6.45, 7) is 0. The molecule has 0 unspecified atom stereocenters. The van der Waals surface area contributed by atoms with E-state index in [0.717, 1.165) is 16.9 Å². The van der Waals surface area contributed by atoms with E-state index in [-0.39, 0.29) is 5.78 Å². The minimum Gasteiger partial charge on any atom is -0.344 e. The summed E-state index contributed by atoms with van der Waals surface area (Å²) in [7, 11) is 1.91. The lowest BCUT2D eigenvalue weighted by Crippen LogP contribution is -2.19. The monoisotopic (exact) mass is 279 g/mol. The number of carbonyl (C=O) groups is 1. The third-order valence-electron chi connectivity index (χ3n) is 3.51. The number of ketones is 1. The van der Waals surface area contributed by atoms with Crippen molar-refractivity contribution >= 4 is 17.5 Å². The molecule has 104 valence electrons. The number of halogens is 1. The molecule has 0 saturated carbocycles. The highest BCUT2D eigenvalue weighted by atomic mass is 19.1. The molecule has 0 amide bonds. The number of hydrogen-bond donors (Lipinski definition) is 0. The molecule has 2 aromatic rings.